The molecule has 0 radical (unpaired) electrons. The molecule has 762 valence electrons. The number of guanidine groups is 3. The number of amidine groups is 3. The Morgan fingerprint density at radius 1 is 0.492 bits per heavy atom. The van der Waals surface area contributed by atoms with Crippen LogP contribution in [0.1, 0.15) is 367 Å². The lowest BCUT2D eigenvalue weighted by Crippen LogP contribution is -2.40. The fourth-order valence-corrected chi connectivity index (χ4v) is 12.2. The predicted molar refractivity (Wildman–Crippen MR) is 538 cm³/mol. The fourth-order valence-electron chi connectivity index (χ4n) is 10.2. The molecule has 14 N–H and O–H groups in total. The highest BCUT2D eigenvalue weighted by Gasteiger charge is 2.19. The summed E-state index contributed by atoms with van der Waals surface area (Å²) in [6.07, 6.45) is 29.0. The Bertz CT molecular complexity index is 3620. The van der Waals surface area contributed by atoms with Crippen molar-refractivity contribution in [3.63, 3.8) is 0 Å². The van der Waals surface area contributed by atoms with Crippen LogP contribution in [-0.4, -0.2) is 214 Å². The summed E-state index contributed by atoms with van der Waals surface area (Å²) in [6, 6.07) is 0. The number of carbonyl (C=O) groups is 3. The van der Waals surface area contributed by atoms with E-state index in [1.54, 1.807) is 64.1 Å². The van der Waals surface area contributed by atoms with E-state index >= 15 is 0 Å². The molecule has 0 rings (SSSR count). The van der Waals surface area contributed by atoms with Crippen LogP contribution in [0.2, 0.25) is 0 Å². The highest BCUT2D eigenvalue weighted by Crippen LogP contribution is 2.27. The largest absolute Gasteiger partial charge is 0.389 e. The van der Waals surface area contributed by atoms with E-state index < -0.39 is 45.7 Å². The summed E-state index contributed by atoms with van der Waals surface area (Å²) in [6.45, 7) is 60.8. The normalized spacial score (nSPS) is 12.9. The molecule has 0 heterocycles. The van der Waals surface area contributed by atoms with Crippen LogP contribution in [0, 0.1) is 70.8 Å². The van der Waals surface area contributed by atoms with Gasteiger partial charge in [0.25, 0.3) is 16.2 Å². The quantitative estimate of drug-likeness (QED) is 0.00518. The van der Waals surface area contributed by atoms with Gasteiger partial charge in [0.05, 0.1) is 6.26 Å². The number of hydrogen-bond acceptors (Lipinski definition) is 19. The molecular formula is C89H192N20O15S4. The van der Waals surface area contributed by atoms with Crippen molar-refractivity contribution in [2.24, 2.45) is 99.3 Å². The molecule has 0 aromatic heterocycles. The van der Waals surface area contributed by atoms with Crippen molar-refractivity contribution in [3.8, 4) is 6.19 Å². The zero-order chi connectivity index (χ0) is 103. The molecule has 0 aliphatic carbocycles. The van der Waals surface area contributed by atoms with Gasteiger partial charge in [-0.15, -0.1) is 8.80 Å². The predicted octanol–water partition coefficient (Wildman–Crippen LogP) is 15.5. The molecule has 0 spiro atoms. The highest BCUT2D eigenvalue weighted by atomic mass is 32.2. The number of nitriles is 1. The third-order valence-electron chi connectivity index (χ3n) is 17.0. The molecule has 0 fully saturated rings. The molecule has 0 saturated carbocycles. The highest BCUT2D eigenvalue weighted by molar-refractivity contribution is 7.89. The van der Waals surface area contributed by atoms with Gasteiger partial charge in [-0.2, -0.15) is 30.5 Å². The fraction of sp³-hybridized carbons (Fsp3) is 0.888. The smallest absolute Gasteiger partial charge is 0.318 e. The Labute approximate surface area is 782 Å². The van der Waals surface area contributed by atoms with Gasteiger partial charge in [-0.1, -0.05) is 206 Å². The second-order valence-corrected chi connectivity index (χ2v) is 48.0. The second kappa shape index (κ2) is 73.2. The number of sulfonamides is 1. The van der Waals surface area contributed by atoms with Gasteiger partial charge in [-0.05, 0) is 165 Å². The monoisotopic (exact) mass is 1910 g/mol. The van der Waals surface area contributed by atoms with Gasteiger partial charge < -0.3 is 40.9 Å². The molecule has 0 amide bonds. The van der Waals surface area contributed by atoms with Gasteiger partial charge in [-0.3, -0.25) is 44.1 Å². The van der Waals surface area contributed by atoms with E-state index in [0.29, 0.717) is 130 Å². The number of nitrogens with zero attached hydrogens (tertiary/aromatic N) is 11. The standard InChI is InChI=1S/C11H22N4.C11H25N3O2S.C10H22N4O2.C10H23N3O2S.C10H20O2.C10H20O.2C9H21N3O2S.C9H18O2/c1-11(2,3)7-6-8-13-10(14-9-12)15(4)5;1-11(2,3)9-7-6-8-10(14(4)5)13-17(12,15)16;1-10(2,3)7-6-8-11-9(13(4)5)12-14(15)16;1-10(2,3)8-6-5-7-9(12-4)13-16(11,14)15;1-10(2,3)7-5-6-9(11)8-12-4;1-5-9(11)7-6-8-10(2,3)4;1-8(2)6-5-7-11-9(10-3)12-15(4,13)14;1-9(2,3)7-5-4-6-8(10)12-15(11,13)14;1-9(2,3)6-4-5-8(11)7-10/h6-8H2,1-5H3,(H,13,14);6-9H2,1-5H3,(H2,12,15,16);6-8H2,1-5H3,(H,11,12);5-8H2,1-4H3,(H,12,13)(H2,11,14,15);5-8H2,1-4H3;5-8H2,1-4H3;8H,5-7H2,1-4H3,(H2,10,11,12);4-7H2,1-3H3,(H2,10,12)(H2,11,13,14);10H,4-7H2,1-3H3. The maximum atomic E-state index is 11.0. The lowest BCUT2D eigenvalue weighted by Gasteiger charge is -2.19. The van der Waals surface area contributed by atoms with Crippen LogP contribution in [0.25, 0.3) is 0 Å². The average molecular weight is 1910 g/mol. The third kappa shape index (κ3) is 135. The van der Waals surface area contributed by atoms with Crippen molar-refractivity contribution in [1.82, 2.24) is 40.1 Å². The number of aliphatic imine (C=N–C) groups is 3. The minimum Gasteiger partial charge on any atom is -0.389 e. The number of unbranched alkanes of at least 4 members (excludes halogenated alkanes) is 3. The Kier molecular flexibility index (Phi) is 79.9. The van der Waals surface area contributed by atoms with E-state index in [2.05, 4.69) is 234 Å². The molecule has 0 saturated heterocycles. The number of methoxy groups -OCH3 is 1. The second-order valence-electron chi connectivity index (χ2n) is 42.5. The molecule has 0 aromatic rings. The number of carbonyl (C=O) groups excluding carboxylic acids is 3. The minimum atomic E-state index is -3.83. The summed E-state index contributed by atoms with van der Waals surface area (Å²) in [5.74, 6) is 3.48. The van der Waals surface area contributed by atoms with Crippen LogP contribution >= 0.6 is 0 Å². The van der Waals surface area contributed by atoms with Crippen LogP contribution in [0.3, 0.4) is 0 Å². The molecule has 0 aromatic carbocycles. The van der Waals surface area contributed by atoms with Gasteiger partial charge in [0.15, 0.2) is 22.8 Å². The summed E-state index contributed by atoms with van der Waals surface area (Å²) in [7, 11) is 0.849. The van der Waals surface area contributed by atoms with Crippen molar-refractivity contribution in [1.29, 1.82) is 5.26 Å². The maximum Gasteiger partial charge on any atom is 0.318 e. The lowest BCUT2D eigenvalue weighted by molar-refractivity contribution is -0.485. The summed E-state index contributed by atoms with van der Waals surface area (Å²) in [5.41, 5.74) is 8.00. The number of aliphatic hydroxyl groups is 1. The summed E-state index contributed by atoms with van der Waals surface area (Å²) in [4.78, 5) is 59.9. The topological polar surface area (TPSA) is 532 Å². The summed E-state index contributed by atoms with van der Waals surface area (Å²) < 4.78 is 102. The first-order chi connectivity index (χ1) is 57.5. The molecule has 128 heavy (non-hydrogen) atoms. The number of Topliss-reactive ketones (excluding diaryl/α,β-unsaturated/α-hetero) is 3. The molecule has 39 heteroatoms. The minimum absolute atomic E-state index is 0.0470. The number of nitrogens with one attached hydrogen (secondary N) is 5. The Hall–Kier alpha value is -6.28. The van der Waals surface area contributed by atoms with Gasteiger partial charge in [0.1, 0.15) is 41.6 Å². The van der Waals surface area contributed by atoms with Gasteiger partial charge in [0.2, 0.25) is 21.9 Å². The molecular weight excluding hydrogens is 1720 g/mol. The zero-order valence-electron chi connectivity index (χ0n) is 87.4. The molecule has 0 unspecified atom stereocenters. The molecule has 0 atom stereocenters. The van der Waals surface area contributed by atoms with E-state index in [0.717, 1.165) is 161 Å². The molecule has 0 aliphatic heterocycles. The van der Waals surface area contributed by atoms with E-state index in [9.17, 15) is 58.2 Å². The average Bonchev–Trinajstić information content (AvgIpc) is 0.807. The third-order valence-corrected chi connectivity index (χ3v) is 19.0. The first-order valence-corrected chi connectivity index (χ1v) is 51.3. The van der Waals surface area contributed by atoms with Gasteiger partial charge in [-0.25, -0.2) is 33.9 Å². The first kappa shape index (κ1) is 140. The maximum absolute atomic E-state index is 11.0. The van der Waals surface area contributed by atoms with Crippen molar-refractivity contribution >= 4 is 93.4 Å². The Morgan fingerprint density at radius 3 is 1.18 bits per heavy atom. The Balaban J connectivity index is -0.000000178. The summed E-state index contributed by atoms with van der Waals surface area (Å²) >= 11 is 0. The SMILES string of the molecule is CC(C)(C)CCCC(=O)CO.CC(C)(C)CCCCC(N)=NS(N)(=O)=O.CCC(=O)CCCC(C)(C)C.CN(C)/C(=N\[N+](=O)[O-])NCCCC(C)(C)C.CN(C)C(=NCCCC(C)(C)C)NC#N.CN(C)C(CCCCC(C)(C)C)=NS(N)(=O)=O.CN=C(CCCCC(C)(C)C)NS(N)(=O)=O.CN=C(NCCCC(C)C)NS(C)(=O)=O.COCC(=O)CCCC(C)(C)C. The van der Waals surface area contributed by atoms with E-state index in [1.165, 1.54) is 0 Å². The number of aliphatic hydroxyl groups excluding tert-OH is 1. The number of hydrazone groups is 1. The van der Waals surface area contributed by atoms with Gasteiger partial charge >= 0.3 is 20.4 Å². The van der Waals surface area contributed by atoms with E-state index in [-0.39, 0.29) is 30.6 Å². The van der Waals surface area contributed by atoms with Crippen LogP contribution in [0.15, 0.2) is 28.9 Å². The number of ketones is 3. The van der Waals surface area contributed by atoms with Crippen molar-refractivity contribution in [2.45, 2.75) is 367 Å². The lowest BCUT2D eigenvalue weighted by atomic mass is 9.89. The van der Waals surface area contributed by atoms with Crippen molar-refractivity contribution < 1.29 is 62.9 Å². The van der Waals surface area contributed by atoms with E-state index in [4.69, 9.17) is 36.3 Å². The molecule has 0 bridgehead atoms. The number of nitro groups is 1. The van der Waals surface area contributed by atoms with Crippen molar-refractivity contribution in [2.75, 3.05) is 103 Å². The van der Waals surface area contributed by atoms with E-state index in [1.807, 2.05) is 27.2 Å². The van der Waals surface area contributed by atoms with Crippen molar-refractivity contribution in [3.05, 3.63) is 10.1 Å². The van der Waals surface area contributed by atoms with Crippen LogP contribution < -0.4 is 46.5 Å². The number of ether oxygens (including phenoxy) is 1. The summed E-state index contributed by atoms with van der Waals surface area (Å²) in [5, 5.41) is 52.7. The van der Waals surface area contributed by atoms with Crippen LogP contribution in [0.5, 0.6) is 0 Å². The Morgan fingerprint density at radius 2 is 0.859 bits per heavy atom. The first-order valence-electron chi connectivity index (χ1n) is 44.8. The molecule has 0 aliphatic rings. The zero-order valence-corrected chi connectivity index (χ0v) is 90.7. The number of nitrogens with two attached hydrogens (primary N) is 4. The van der Waals surface area contributed by atoms with Gasteiger partial charge in [0, 0.05) is 128 Å². The number of rotatable bonds is 40. The van der Waals surface area contributed by atoms with Crippen LogP contribution in [-0.2, 0) is 59.8 Å². The molecule has 35 nitrogen and oxygen atoms in total. The van der Waals surface area contributed by atoms with Crippen LogP contribution in [0.4, 0.5) is 0 Å². The number of hydrogen-bond donors (Lipinski definition) is 10.